The van der Waals surface area contributed by atoms with E-state index in [1.807, 2.05) is 6.92 Å². The Labute approximate surface area is 141 Å². The van der Waals surface area contributed by atoms with E-state index in [1.54, 1.807) is 25.1 Å². The summed E-state index contributed by atoms with van der Waals surface area (Å²) in [5.41, 5.74) is 0.845. The predicted octanol–water partition coefficient (Wildman–Crippen LogP) is 1.08. The molecule has 0 saturated heterocycles. The molecule has 0 atom stereocenters. The summed E-state index contributed by atoms with van der Waals surface area (Å²) in [6.45, 7) is 3.78. The lowest BCUT2D eigenvalue weighted by Gasteiger charge is -2.00. The van der Waals surface area contributed by atoms with Crippen molar-refractivity contribution in [3.05, 3.63) is 59.0 Å². The van der Waals surface area contributed by atoms with Crippen molar-refractivity contribution in [2.24, 2.45) is 0 Å². The molecule has 0 saturated carbocycles. The number of aryl methyl sites for hydroxylation is 1. The first-order chi connectivity index (χ1) is 11.4. The van der Waals surface area contributed by atoms with Crippen LogP contribution in [0, 0.1) is 10.1 Å². The molecule has 7 nitrogen and oxygen atoms in total. The van der Waals surface area contributed by atoms with E-state index in [0.29, 0.717) is 26.7 Å². The summed E-state index contributed by atoms with van der Waals surface area (Å²) in [5, 5.41) is 11.1. The Morgan fingerprint density at radius 1 is 1.42 bits per heavy atom. The highest BCUT2D eigenvalue weighted by atomic mass is 32.1. The van der Waals surface area contributed by atoms with Gasteiger partial charge in [0, 0.05) is 11.6 Å². The van der Waals surface area contributed by atoms with Gasteiger partial charge in [-0.25, -0.2) is 4.79 Å². The van der Waals surface area contributed by atoms with Crippen LogP contribution in [0.2, 0.25) is 0 Å². The van der Waals surface area contributed by atoms with Crippen molar-refractivity contribution in [1.29, 1.82) is 0 Å². The molecule has 0 unspecified atom stereocenters. The number of nitro benzene ring substituents is 1. The number of carbonyl (C=O) groups is 1. The molecule has 24 heavy (non-hydrogen) atoms. The van der Waals surface area contributed by atoms with Gasteiger partial charge < -0.3 is 9.72 Å². The lowest BCUT2D eigenvalue weighted by molar-refractivity contribution is -0.385. The number of benzene rings is 1. The first-order valence-corrected chi connectivity index (χ1v) is 8.13. The molecule has 0 amide bonds. The molecule has 0 aliphatic carbocycles. The minimum absolute atomic E-state index is 0.0255. The number of esters is 1. The van der Waals surface area contributed by atoms with Gasteiger partial charge in [-0.2, -0.15) is 0 Å². The van der Waals surface area contributed by atoms with Crippen LogP contribution in [0.3, 0.4) is 0 Å². The van der Waals surface area contributed by atoms with Gasteiger partial charge in [-0.05, 0) is 25.0 Å². The Hall–Kier alpha value is -2.74. The quantitative estimate of drug-likeness (QED) is 0.495. The van der Waals surface area contributed by atoms with Gasteiger partial charge in [0.2, 0.25) is 0 Å². The monoisotopic (exact) mass is 348 g/mol. The summed E-state index contributed by atoms with van der Waals surface area (Å²) in [6.07, 6.45) is 3.31. The predicted molar refractivity (Wildman–Crippen MR) is 91.3 cm³/mol. The first-order valence-electron chi connectivity index (χ1n) is 7.31. The molecular weight excluding hydrogens is 332 g/mol. The number of H-pyrrole nitrogens is 1. The van der Waals surface area contributed by atoms with E-state index in [9.17, 15) is 19.7 Å². The molecule has 2 rings (SSSR count). The average Bonchev–Trinajstić information content (AvgIpc) is 2.86. The van der Waals surface area contributed by atoms with Gasteiger partial charge in [-0.3, -0.25) is 14.9 Å². The third-order valence-corrected chi connectivity index (χ3v) is 4.16. The molecule has 2 aromatic rings. The molecule has 8 heteroatoms. The number of hydrogen-bond acceptors (Lipinski definition) is 6. The zero-order valence-electron chi connectivity index (χ0n) is 13.2. The van der Waals surface area contributed by atoms with Crippen LogP contribution in [0.15, 0.2) is 23.0 Å². The Kier molecular flexibility index (Phi) is 5.64. The molecular formula is C16H16N2O5S. The van der Waals surface area contributed by atoms with Gasteiger partial charge in [-0.15, -0.1) is 11.3 Å². The van der Waals surface area contributed by atoms with Crippen molar-refractivity contribution in [3.63, 3.8) is 0 Å². The van der Waals surface area contributed by atoms with Crippen molar-refractivity contribution >= 4 is 35.1 Å². The minimum Gasteiger partial charge on any atom is -0.463 e. The fraction of sp³-hybridized carbons (Fsp3) is 0.250. The lowest BCUT2D eigenvalue weighted by Crippen LogP contribution is -2.20. The van der Waals surface area contributed by atoms with Crippen LogP contribution in [-0.2, 0) is 16.0 Å². The highest BCUT2D eigenvalue weighted by Crippen LogP contribution is 2.21. The molecule has 1 N–H and O–H groups in total. The van der Waals surface area contributed by atoms with Crippen molar-refractivity contribution in [3.8, 4) is 0 Å². The number of nitro groups is 1. The topological polar surface area (TPSA) is 102 Å². The summed E-state index contributed by atoms with van der Waals surface area (Å²) >= 11 is 1.08. The fourth-order valence-corrected chi connectivity index (χ4v) is 2.98. The van der Waals surface area contributed by atoms with Gasteiger partial charge in [0.05, 0.1) is 22.1 Å². The molecule has 0 aliphatic heterocycles. The Bertz CT molecular complexity index is 942. The second kappa shape index (κ2) is 7.69. The Balaban J connectivity index is 2.48. The number of ether oxygens (including phenoxy) is 1. The zero-order chi connectivity index (χ0) is 17.7. The third-order valence-electron chi connectivity index (χ3n) is 3.20. The normalized spacial score (nSPS) is 12.4. The Morgan fingerprint density at radius 2 is 2.17 bits per heavy atom. The summed E-state index contributed by atoms with van der Waals surface area (Å²) in [5.74, 6) is -0.538. The van der Waals surface area contributed by atoms with Crippen molar-refractivity contribution in [2.45, 2.75) is 20.3 Å². The standard InChI is InChI=1S/C16H16N2O5S/c1-3-11-6-5-10(7-12(11)18(21)22)8-13-16(20)17-14(24-13)9-15(19)23-4-2/h5-9H,3-4H2,1-2H3,(H,17,20)/b13-8+,14-9+. The van der Waals surface area contributed by atoms with Crippen LogP contribution < -0.4 is 14.8 Å². The van der Waals surface area contributed by atoms with Crippen LogP contribution in [-0.4, -0.2) is 22.5 Å². The highest BCUT2D eigenvalue weighted by Gasteiger charge is 2.12. The molecule has 0 spiro atoms. The van der Waals surface area contributed by atoms with E-state index in [0.717, 1.165) is 11.3 Å². The molecule has 1 aromatic heterocycles. The smallest absolute Gasteiger partial charge is 0.333 e. The lowest BCUT2D eigenvalue weighted by atomic mass is 10.1. The maximum absolute atomic E-state index is 11.9. The van der Waals surface area contributed by atoms with Crippen molar-refractivity contribution < 1.29 is 14.5 Å². The van der Waals surface area contributed by atoms with E-state index < -0.39 is 10.9 Å². The second-order valence-corrected chi connectivity index (χ2v) is 5.91. The highest BCUT2D eigenvalue weighted by molar-refractivity contribution is 7.07. The average molecular weight is 348 g/mol. The summed E-state index contributed by atoms with van der Waals surface area (Å²) < 4.78 is 5.50. The second-order valence-electron chi connectivity index (χ2n) is 4.82. The van der Waals surface area contributed by atoms with Crippen LogP contribution in [0.5, 0.6) is 0 Å². The largest absolute Gasteiger partial charge is 0.463 e. The van der Waals surface area contributed by atoms with E-state index in [1.165, 1.54) is 12.1 Å². The van der Waals surface area contributed by atoms with Crippen LogP contribution in [0.4, 0.5) is 5.69 Å². The van der Waals surface area contributed by atoms with E-state index in [2.05, 4.69) is 4.98 Å². The summed E-state index contributed by atoms with van der Waals surface area (Å²) in [7, 11) is 0. The van der Waals surface area contributed by atoms with Gasteiger partial charge in [0.1, 0.15) is 4.66 Å². The summed E-state index contributed by atoms with van der Waals surface area (Å²) in [6, 6.07) is 4.84. The number of rotatable bonds is 5. The van der Waals surface area contributed by atoms with Crippen molar-refractivity contribution in [1.82, 2.24) is 4.98 Å². The first kappa shape index (κ1) is 17.6. The Morgan fingerprint density at radius 3 is 2.79 bits per heavy atom. The number of aromatic amines is 1. The van der Waals surface area contributed by atoms with E-state index in [-0.39, 0.29) is 17.9 Å². The number of aromatic nitrogens is 1. The molecule has 0 bridgehead atoms. The number of nitrogens with zero attached hydrogens (tertiary/aromatic N) is 1. The van der Waals surface area contributed by atoms with Gasteiger partial charge >= 0.3 is 5.97 Å². The molecule has 1 aromatic carbocycles. The van der Waals surface area contributed by atoms with Gasteiger partial charge in [0.25, 0.3) is 11.2 Å². The minimum atomic E-state index is -0.538. The summed E-state index contributed by atoms with van der Waals surface area (Å²) in [4.78, 5) is 36.6. The maximum atomic E-state index is 11.9. The molecule has 0 fully saturated rings. The SMILES string of the molecule is CCOC(=O)/C=c1\[nH]c(=O)/c(=C\c2ccc(CC)c([N+](=O)[O-])c2)s1. The van der Waals surface area contributed by atoms with Crippen LogP contribution in [0.25, 0.3) is 12.2 Å². The van der Waals surface area contributed by atoms with Crippen LogP contribution >= 0.6 is 11.3 Å². The van der Waals surface area contributed by atoms with E-state index in [4.69, 9.17) is 4.74 Å². The number of nitrogens with one attached hydrogen (secondary N) is 1. The third kappa shape index (κ3) is 4.17. The fourth-order valence-electron chi connectivity index (χ4n) is 2.11. The van der Waals surface area contributed by atoms with E-state index >= 15 is 0 Å². The number of thiazole rings is 1. The number of carbonyl (C=O) groups excluding carboxylic acids is 1. The zero-order valence-corrected chi connectivity index (χ0v) is 14.0. The molecule has 0 radical (unpaired) electrons. The molecule has 1 heterocycles. The van der Waals surface area contributed by atoms with Gasteiger partial charge in [-0.1, -0.05) is 19.1 Å². The van der Waals surface area contributed by atoms with Crippen LogP contribution in [0.1, 0.15) is 25.0 Å². The maximum Gasteiger partial charge on any atom is 0.333 e. The number of hydrogen-bond donors (Lipinski definition) is 1. The molecule has 126 valence electrons. The van der Waals surface area contributed by atoms with Crippen molar-refractivity contribution in [2.75, 3.05) is 6.61 Å². The molecule has 0 aliphatic rings. The van der Waals surface area contributed by atoms with Gasteiger partial charge in [0.15, 0.2) is 0 Å².